The van der Waals surface area contributed by atoms with E-state index in [1.807, 2.05) is 6.07 Å². The van der Waals surface area contributed by atoms with E-state index < -0.39 is 0 Å². The minimum absolute atomic E-state index is 0.663. The van der Waals surface area contributed by atoms with Crippen molar-refractivity contribution in [3.63, 3.8) is 0 Å². The topological polar surface area (TPSA) is 38.7 Å². The van der Waals surface area contributed by atoms with E-state index in [0.29, 0.717) is 17.5 Å². The summed E-state index contributed by atoms with van der Waals surface area (Å²) in [6, 6.07) is 49.2. The van der Waals surface area contributed by atoms with Gasteiger partial charge in [0.15, 0.2) is 17.5 Å². The van der Waals surface area contributed by atoms with Gasteiger partial charge in [-0.05, 0) is 41.5 Å². The average molecular weight is 598 g/mol. The monoisotopic (exact) mass is 597 g/mol. The third-order valence-corrected chi connectivity index (χ3v) is 10.4. The Morgan fingerprint density at radius 3 is 1.30 bits per heavy atom. The van der Waals surface area contributed by atoms with Gasteiger partial charge in [-0.25, -0.2) is 15.0 Å². The summed E-state index contributed by atoms with van der Waals surface area (Å²) in [4.78, 5) is 15.2. The standard InChI is InChI=1S/C39H23N3S2/c1-2-9-24(10-3-1)25-11-8-12-26(21-25)37-40-38(27-17-19-31-29-13-4-6-15-33(29)43-35(31)22-27)42-39(41-37)28-18-20-32-30-14-5-7-16-34(30)44-36(32)23-28/h1-23H. The molecule has 0 saturated heterocycles. The number of aromatic nitrogens is 3. The number of thiophene rings is 2. The lowest BCUT2D eigenvalue weighted by Gasteiger charge is -2.10. The summed E-state index contributed by atoms with van der Waals surface area (Å²) < 4.78 is 5.02. The molecule has 6 aromatic carbocycles. The van der Waals surface area contributed by atoms with Gasteiger partial charge in [0.25, 0.3) is 0 Å². The van der Waals surface area contributed by atoms with Crippen molar-refractivity contribution in [2.45, 2.75) is 0 Å². The lowest BCUT2D eigenvalue weighted by Crippen LogP contribution is -2.00. The smallest absolute Gasteiger partial charge is 0.164 e. The number of hydrogen-bond acceptors (Lipinski definition) is 5. The summed E-state index contributed by atoms with van der Waals surface area (Å²) in [6.07, 6.45) is 0. The van der Waals surface area contributed by atoms with E-state index in [1.54, 1.807) is 22.7 Å². The van der Waals surface area contributed by atoms with Crippen molar-refractivity contribution in [3.05, 3.63) is 140 Å². The molecule has 0 saturated carbocycles. The van der Waals surface area contributed by atoms with Gasteiger partial charge in [0.2, 0.25) is 0 Å². The van der Waals surface area contributed by atoms with Crippen LogP contribution in [0.2, 0.25) is 0 Å². The number of fused-ring (bicyclic) bond motifs is 6. The van der Waals surface area contributed by atoms with E-state index >= 15 is 0 Å². The molecule has 3 nitrogen and oxygen atoms in total. The van der Waals surface area contributed by atoms with E-state index in [1.165, 1.54) is 40.3 Å². The van der Waals surface area contributed by atoms with Gasteiger partial charge in [0.05, 0.1) is 0 Å². The predicted molar refractivity (Wildman–Crippen MR) is 187 cm³/mol. The van der Waals surface area contributed by atoms with Crippen LogP contribution in [0.4, 0.5) is 0 Å². The highest BCUT2D eigenvalue weighted by atomic mass is 32.1. The van der Waals surface area contributed by atoms with Crippen molar-refractivity contribution in [2.24, 2.45) is 0 Å². The van der Waals surface area contributed by atoms with Gasteiger partial charge in [-0.2, -0.15) is 0 Å². The maximum atomic E-state index is 5.09. The Morgan fingerprint density at radius 2 is 0.727 bits per heavy atom. The lowest BCUT2D eigenvalue weighted by molar-refractivity contribution is 1.08. The molecule has 5 heteroatoms. The van der Waals surface area contributed by atoms with Crippen LogP contribution < -0.4 is 0 Å². The van der Waals surface area contributed by atoms with E-state index in [2.05, 4.69) is 133 Å². The zero-order chi connectivity index (χ0) is 29.0. The molecule has 0 fully saturated rings. The second-order valence-electron chi connectivity index (χ2n) is 10.9. The highest BCUT2D eigenvalue weighted by molar-refractivity contribution is 7.26. The summed E-state index contributed by atoms with van der Waals surface area (Å²) in [7, 11) is 0. The predicted octanol–water partition coefficient (Wildman–Crippen LogP) is 11.3. The number of rotatable bonds is 4. The van der Waals surface area contributed by atoms with Crippen LogP contribution in [0.3, 0.4) is 0 Å². The van der Waals surface area contributed by atoms with Gasteiger partial charge in [0.1, 0.15) is 0 Å². The third-order valence-electron chi connectivity index (χ3n) is 8.14. The average Bonchev–Trinajstić information content (AvgIpc) is 3.66. The summed E-state index contributed by atoms with van der Waals surface area (Å²) in [6.45, 7) is 0. The van der Waals surface area contributed by atoms with Crippen molar-refractivity contribution >= 4 is 63.0 Å². The molecule has 3 heterocycles. The molecule has 0 unspecified atom stereocenters. The summed E-state index contributed by atoms with van der Waals surface area (Å²) >= 11 is 3.61. The molecule has 0 aliphatic heterocycles. The largest absolute Gasteiger partial charge is 0.208 e. The SMILES string of the molecule is c1ccc(-c2cccc(-c3nc(-c4ccc5c(c4)sc4ccccc45)nc(-c4ccc5c(c4)sc4ccccc45)n3)c2)cc1. The van der Waals surface area contributed by atoms with Crippen molar-refractivity contribution in [1.82, 2.24) is 15.0 Å². The van der Waals surface area contributed by atoms with Gasteiger partial charge in [-0.3, -0.25) is 0 Å². The summed E-state index contributed by atoms with van der Waals surface area (Å²) in [5.41, 5.74) is 5.22. The van der Waals surface area contributed by atoms with Crippen LogP contribution >= 0.6 is 22.7 Å². The molecule has 0 radical (unpaired) electrons. The zero-order valence-corrected chi connectivity index (χ0v) is 25.1. The first-order chi connectivity index (χ1) is 21.8. The zero-order valence-electron chi connectivity index (χ0n) is 23.4. The van der Waals surface area contributed by atoms with Crippen molar-refractivity contribution in [1.29, 1.82) is 0 Å². The van der Waals surface area contributed by atoms with E-state index in [-0.39, 0.29) is 0 Å². The van der Waals surface area contributed by atoms with Crippen LogP contribution in [0.25, 0.3) is 85.6 Å². The highest BCUT2D eigenvalue weighted by Gasteiger charge is 2.16. The molecule has 9 rings (SSSR count). The van der Waals surface area contributed by atoms with Gasteiger partial charge in [-0.1, -0.05) is 109 Å². The molecule has 206 valence electrons. The first-order valence-electron chi connectivity index (χ1n) is 14.5. The maximum Gasteiger partial charge on any atom is 0.164 e. The molecular weight excluding hydrogens is 575 g/mol. The van der Waals surface area contributed by atoms with E-state index in [4.69, 9.17) is 15.0 Å². The van der Waals surface area contributed by atoms with E-state index in [0.717, 1.165) is 27.8 Å². The lowest BCUT2D eigenvalue weighted by atomic mass is 10.0. The van der Waals surface area contributed by atoms with Gasteiger partial charge >= 0.3 is 0 Å². The number of nitrogens with zero attached hydrogens (tertiary/aromatic N) is 3. The van der Waals surface area contributed by atoms with E-state index in [9.17, 15) is 0 Å². The maximum absolute atomic E-state index is 5.09. The Balaban J connectivity index is 1.24. The fraction of sp³-hybridized carbons (Fsp3) is 0. The minimum atomic E-state index is 0.663. The molecule has 0 spiro atoms. The highest BCUT2D eigenvalue weighted by Crippen LogP contribution is 2.38. The van der Waals surface area contributed by atoms with Crippen LogP contribution in [0, 0.1) is 0 Å². The molecule has 3 aromatic heterocycles. The van der Waals surface area contributed by atoms with Crippen LogP contribution in [-0.2, 0) is 0 Å². The molecule has 9 aromatic rings. The van der Waals surface area contributed by atoms with Gasteiger partial charge in [0, 0.05) is 57.0 Å². The van der Waals surface area contributed by atoms with Gasteiger partial charge in [-0.15, -0.1) is 22.7 Å². The van der Waals surface area contributed by atoms with Crippen LogP contribution in [0.5, 0.6) is 0 Å². The first kappa shape index (κ1) is 25.3. The van der Waals surface area contributed by atoms with Gasteiger partial charge < -0.3 is 0 Å². The van der Waals surface area contributed by atoms with Crippen LogP contribution in [0.1, 0.15) is 0 Å². The van der Waals surface area contributed by atoms with Crippen LogP contribution in [0.15, 0.2) is 140 Å². The second kappa shape index (κ2) is 10.2. The summed E-state index contributed by atoms with van der Waals surface area (Å²) in [5.74, 6) is 2.01. The second-order valence-corrected chi connectivity index (χ2v) is 13.0. The number of benzene rings is 6. The minimum Gasteiger partial charge on any atom is -0.208 e. The Labute approximate surface area is 261 Å². The molecule has 0 atom stereocenters. The van der Waals surface area contributed by atoms with Crippen molar-refractivity contribution in [2.75, 3.05) is 0 Å². The Morgan fingerprint density at radius 1 is 0.295 bits per heavy atom. The van der Waals surface area contributed by atoms with Crippen molar-refractivity contribution in [3.8, 4) is 45.3 Å². The molecule has 0 N–H and O–H groups in total. The Kier molecular flexibility index (Phi) is 5.86. The summed E-state index contributed by atoms with van der Waals surface area (Å²) in [5, 5.41) is 5.08. The van der Waals surface area contributed by atoms with Crippen LogP contribution in [-0.4, -0.2) is 15.0 Å². The fourth-order valence-corrected chi connectivity index (χ4v) is 8.25. The Hall–Kier alpha value is -5.23. The molecule has 0 aliphatic carbocycles. The third kappa shape index (κ3) is 4.29. The Bertz CT molecular complexity index is 2380. The quantitative estimate of drug-likeness (QED) is 0.203. The fourth-order valence-electron chi connectivity index (χ4n) is 5.96. The number of hydrogen-bond donors (Lipinski definition) is 0. The first-order valence-corrected chi connectivity index (χ1v) is 16.2. The molecule has 0 amide bonds. The molecular formula is C39H23N3S2. The molecule has 0 bridgehead atoms. The molecule has 0 aliphatic rings. The normalized spacial score (nSPS) is 11.6. The molecule has 44 heavy (non-hydrogen) atoms. The van der Waals surface area contributed by atoms with Crippen molar-refractivity contribution < 1.29 is 0 Å².